The van der Waals surface area contributed by atoms with E-state index in [2.05, 4.69) is 0 Å². The van der Waals surface area contributed by atoms with Crippen LogP contribution in [0.4, 0.5) is 0 Å². The van der Waals surface area contributed by atoms with Gasteiger partial charge in [-0.05, 0) is 24.2 Å². The van der Waals surface area contributed by atoms with Gasteiger partial charge in [0.25, 0.3) is 0 Å². The van der Waals surface area contributed by atoms with Crippen molar-refractivity contribution in [3.63, 3.8) is 0 Å². The molecule has 0 spiro atoms. The summed E-state index contributed by atoms with van der Waals surface area (Å²) in [5.74, 6) is -12.1. The Hall–Kier alpha value is -1.83. The van der Waals surface area contributed by atoms with Crippen LogP contribution in [0.15, 0.2) is 0 Å². The molecule has 22 heavy (non-hydrogen) atoms. The van der Waals surface area contributed by atoms with Crippen LogP contribution in [0.3, 0.4) is 0 Å². The summed E-state index contributed by atoms with van der Waals surface area (Å²) in [6.45, 7) is 1.42. The number of aliphatic carboxylic acids is 4. The lowest BCUT2D eigenvalue weighted by Crippen LogP contribution is -2.71. The van der Waals surface area contributed by atoms with Gasteiger partial charge in [0, 0.05) is 0 Å². The van der Waals surface area contributed by atoms with Crippen LogP contribution >= 0.6 is 11.6 Å². The first kappa shape index (κ1) is 16.5. The normalized spacial score (nSPS) is 43.5. The fourth-order valence-corrected chi connectivity index (χ4v) is 4.91. The van der Waals surface area contributed by atoms with Gasteiger partial charge in [0.2, 0.25) is 0 Å². The quantitative estimate of drug-likeness (QED) is 0.541. The summed E-state index contributed by atoms with van der Waals surface area (Å²) >= 11 is 6.05. The van der Waals surface area contributed by atoms with Gasteiger partial charge in [-0.2, -0.15) is 0 Å². The highest BCUT2D eigenvalue weighted by Gasteiger charge is 2.73. The SMILES string of the molecule is CC1C(C(=O)O)C(C(=O)O)CC2C(C(=O)O)C(Cl)(C(=O)O)C12. The third-order valence-electron chi connectivity index (χ3n) is 5.12. The number of carboxylic acids is 4. The standard InChI is InChI=1S/C13H15ClO8/c1-3-6(10(17)18)4(9(15)16)2-5-7(3)13(14,12(21)22)8(5)11(19)20/h3-8H,2H2,1H3,(H,15,16)(H,17,18)(H,19,20)(H,21,22). The maximum absolute atomic E-state index is 11.5. The summed E-state index contributed by atoms with van der Waals surface area (Å²) in [7, 11) is 0. The third kappa shape index (κ3) is 1.97. The second kappa shape index (κ2) is 5.12. The Bertz CT molecular complexity index is 542. The smallest absolute Gasteiger partial charge is 0.325 e. The van der Waals surface area contributed by atoms with Gasteiger partial charge in [-0.25, -0.2) is 0 Å². The molecule has 9 heteroatoms. The molecule has 2 saturated carbocycles. The molecule has 0 aliphatic heterocycles. The topological polar surface area (TPSA) is 149 Å². The first-order valence-corrected chi connectivity index (χ1v) is 7.03. The highest BCUT2D eigenvalue weighted by molar-refractivity contribution is 6.36. The van der Waals surface area contributed by atoms with E-state index in [1.807, 2.05) is 0 Å². The highest BCUT2D eigenvalue weighted by Crippen LogP contribution is 2.63. The Morgan fingerprint density at radius 1 is 1.00 bits per heavy atom. The van der Waals surface area contributed by atoms with Crippen molar-refractivity contribution in [1.82, 2.24) is 0 Å². The molecular formula is C13H15ClO8. The summed E-state index contributed by atoms with van der Waals surface area (Å²) in [5.41, 5.74) is 0. The third-order valence-corrected chi connectivity index (χ3v) is 5.76. The van der Waals surface area contributed by atoms with Gasteiger partial charge < -0.3 is 20.4 Å². The molecule has 0 aromatic heterocycles. The summed E-state index contributed by atoms with van der Waals surface area (Å²) in [6.07, 6.45) is -0.208. The van der Waals surface area contributed by atoms with Crippen molar-refractivity contribution >= 4 is 35.5 Å². The van der Waals surface area contributed by atoms with Gasteiger partial charge in [0.1, 0.15) is 0 Å². The Balaban J connectivity index is 2.47. The maximum atomic E-state index is 11.5. The predicted octanol–water partition coefficient (Wildman–Crippen LogP) is 0.437. The predicted molar refractivity (Wildman–Crippen MR) is 70.4 cm³/mol. The van der Waals surface area contributed by atoms with Crippen LogP contribution in [0.25, 0.3) is 0 Å². The number of hydrogen-bond acceptors (Lipinski definition) is 4. The number of carboxylic acid groups (broad SMARTS) is 4. The van der Waals surface area contributed by atoms with Crippen molar-refractivity contribution in [2.45, 2.75) is 18.2 Å². The zero-order chi connectivity index (χ0) is 17.0. The van der Waals surface area contributed by atoms with Crippen LogP contribution in [0.1, 0.15) is 13.3 Å². The van der Waals surface area contributed by atoms with Gasteiger partial charge in [0.05, 0.1) is 17.8 Å². The summed E-state index contributed by atoms with van der Waals surface area (Å²) in [5, 5.41) is 37.0. The molecule has 0 bridgehead atoms. The molecule has 2 rings (SSSR count). The van der Waals surface area contributed by atoms with E-state index in [1.165, 1.54) is 6.92 Å². The average Bonchev–Trinajstić information content (AvgIpc) is 2.34. The largest absolute Gasteiger partial charge is 0.481 e. The molecule has 2 aliphatic carbocycles. The first-order chi connectivity index (χ1) is 10.0. The molecule has 0 aromatic rings. The van der Waals surface area contributed by atoms with Crippen molar-refractivity contribution in [1.29, 1.82) is 0 Å². The molecule has 0 amide bonds. The van der Waals surface area contributed by atoms with Gasteiger partial charge in [-0.15, -0.1) is 11.6 Å². The second-order valence-corrected chi connectivity index (χ2v) is 6.61. The van der Waals surface area contributed by atoms with Crippen LogP contribution in [0.2, 0.25) is 0 Å². The Kier molecular flexibility index (Phi) is 3.85. The Labute approximate surface area is 129 Å². The molecule has 122 valence electrons. The number of carbonyl (C=O) groups is 4. The molecule has 0 saturated heterocycles. The molecule has 0 aromatic carbocycles. The fourth-order valence-electron chi connectivity index (χ4n) is 4.29. The van der Waals surface area contributed by atoms with Crippen molar-refractivity contribution in [3.05, 3.63) is 0 Å². The molecule has 0 heterocycles. The molecule has 7 unspecified atom stereocenters. The van der Waals surface area contributed by atoms with Crippen molar-refractivity contribution < 1.29 is 39.6 Å². The van der Waals surface area contributed by atoms with Gasteiger partial charge in [0.15, 0.2) is 4.87 Å². The number of rotatable bonds is 4. The van der Waals surface area contributed by atoms with Crippen LogP contribution in [0, 0.1) is 35.5 Å². The van der Waals surface area contributed by atoms with E-state index in [4.69, 9.17) is 11.6 Å². The molecule has 4 N–H and O–H groups in total. The second-order valence-electron chi connectivity index (χ2n) is 5.98. The number of fused-ring (bicyclic) bond motifs is 1. The number of alkyl halides is 1. The lowest BCUT2D eigenvalue weighted by Gasteiger charge is -2.60. The van der Waals surface area contributed by atoms with E-state index in [0.717, 1.165) is 0 Å². The van der Waals surface area contributed by atoms with Crippen LogP contribution in [0.5, 0.6) is 0 Å². The Morgan fingerprint density at radius 2 is 1.55 bits per heavy atom. The highest BCUT2D eigenvalue weighted by atomic mass is 35.5. The summed E-state index contributed by atoms with van der Waals surface area (Å²) in [4.78, 5) is 43.4. The van der Waals surface area contributed by atoms with Crippen molar-refractivity contribution in [2.75, 3.05) is 0 Å². The van der Waals surface area contributed by atoms with Crippen molar-refractivity contribution in [2.24, 2.45) is 35.5 Å². The van der Waals surface area contributed by atoms with Gasteiger partial charge >= 0.3 is 23.9 Å². The molecule has 2 aliphatic rings. The van der Waals surface area contributed by atoms with Crippen LogP contribution in [-0.2, 0) is 19.2 Å². The zero-order valence-electron chi connectivity index (χ0n) is 11.5. The van der Waals surface area contributed by atoms with Crippen LogP contribution < -0.4 is 0 Å². The monoisotopic (exact) mass is 334 g/mol. The van der Waals surface area contributed by atoms with E-state index >= 15 is 0 Å². The molecule has 8 nitrogen and oxygen atoms in total. The summed E-state index contributed by atoms with van der Waals surface area (Å²) in [6, 6.07) is 0. The van der Waals surface area contributed by atoms with E-state index < -0.39 is 64.3 Å². The molecule has 0 radical (unpaired) electrons. The van der Waals surface area contributed by atoms with E-state index in [0.29, 0.717) is 0 Å². The molecule has 2 fully saturated rings. The number of hydrogen-bond donors (Lipinski definition) is 4. The maximum Gasteiger partial charge on any atom is 0.325 e. The first-order valence-electron chi connectivity index (χ1n) is 6.65. The molecule has 7 atom stereocenters. The zero-order valence-corrected chi connectivity index (χ0v) is 12.2. The Morgan fingerprint density at radius 3 is 1.91 bits per heavy atom. The van der Waals surface area contributed by atoms with Crippen molar-refractivity contribution in [3.8, 4) is 0 Å². The van der Waals surface area contributed by atoms with E-state index in [1.54, 1.807) is 0 Å². The molecular weight excluding hydrogens is 320 g/mol. The van der Waals surface area contributed by atoms with E-state index in [9.17, 15) is 39.6 Å². The minimum absolute atomic E-state index is 0.208. The van der Waals surface area contributed by atoms with Gasteiger partial charge in [-0.1, -0.05) is 6.92 Å². The minimum Gasteiger partial charge on any atom is -0.481 e. The van der Waals surface area contributed by atoms with Gasteiger partial charge in [-0.3, -0.25) is 19.2 Å². The lowest BCUT2D eigenvalue weighted by atomic mass is 9.44. The number of halogens is 1. The average molecular weight is 335 g/mol. The fraction of sp³-hybridized carbons (Fsp3) is 0.692. The van der Waals surface area contributed by atoms with Crippen LogP contribution in [-0.4, -0.2) is 49.2 Å². The van der Waals surface area contributed by atoms with E-state index in [-0.39, 0.29) is 6.42 Å². The summed E-state index contributed by atoms with van der Waals surface area (Å²) < 4.78 is 0. The lowest BCUT2D eigenvalue weighted by molar-refractivity contribution is -0.192. The minimum atomic E-state index is -2.10.